The molecule has 0 fully saturated rings. The van der Waals surface area contributed by atoms with Gasteiger partial charge in [-0.1, -0.05) is 34.8 Å². The summed E-state index contributed by atoms with van der Waals surface area (Å²) in [4.78, 5) is 11.1. The van der Waals surface area contributed by atoms with E-state index in [-0.39, 0.29) is 25.7 Å². The number of carboxylic acid groups (broad SMARTS) is 1. The quantitative estimate of drug-likeness (QED) is 0.766. The first-order valence-corrected chi connectivity index (χ1v) is 9.30. The minimum absolute atomic E-state index is 0.0113. The van der Waals surface area contributed by atoms with E-state index < -0.39 is 27.9 Å². The number of hydrogen-bond donors (Lipinski definition) is 1. The first kappa shape index (κ1) is 19.8. The molecule has 0 aliphatic rings. The van der Waals surface area contributed by atoms with Crippen LogP contribution in [-0.2, 0) is 14.8 Å². The largest absolute Gasteiger partial charge is 0.480 e. The number of aliphatic carboxylic acids is 1. The van der Waals surface area contributed by atoms with Crippen LogP contribution in [0.2, 0.25) is 15.1 Å². The van der Waals surface area contributed by atoms with Crippen LogP contribution in [0.1, 0.15) is 6.92 Å². The van der Waals surface area contributed by atoms with Crippen molar-refractivity contribution in [2.45, 2.75) is 17.9 Å². The van der Waals surface area contributed by atoms with E-state index in [9.17, 15) is 22.7 Å². The number of anilines is 1. The molecular formula is C15H11Cl3FNO4S. The van der Waals surface area contributed by atoms with E-state index >= 15 is 0 Å². The number of nitrogens with zero attached hydrogens (tertiary/aromatic N) is 1. The number of benzene rings is 2. The second-order valence-corrected chi connectivity index (χ2v) is 8.03. The Hall–Kier alpha value is -1.54. The van der Waals surface area contributed by atoms with Crippen molar-refractivity contribution in [2.24, 2.45) is 0 Å². The zero-order valence-electron chi connectivity index (χ0n) is 12.6. The van der Waals surface area contributed by atoms with Crippen LogP contribution < -0.4 is 4.31 Å². The predicted octanol–water partition coefficient (Wildman–Crippen LogP) is 4.45. The van der Waals surface area contributed by atoms with E-state index in [1.54, 1.807) is 0 Å². The Morgan fingerprint density at radius 1 is 1.08 bits per heavy atom. The van der Waals surface area contributed by atoms with Gasteiger partial charge in [0.15, 0.2) is 0 Å². The molecule has 0 heterocycles. The van der Waals surface area contributed by atoms with Crippen LogP contribution in [0, 0.1) is 5.82 Å². The van der Waals surface area contributed by atoms with Gasteiger partial charge >= 0.3 is 5.97 Å². The number of carbonyl (C=O) groups is 1. The highest BCUT2D eigenvalue weighted by molar-refractivity contribution is 7.93. The first-order valence-electron chi connectivity index (χ1n) is 6.73. The number of hydrogen-bond acceptors (Lipinski definition) is 3. The summed E-state index contributed by atoms with van der Waals surface area (Å²) in [5, 5.41) is 9.07. The van der Waals surface area contributed by atoms with E-state index in [1.165, 1.54) is 19.1 Å². The third-order valence-electron chi connectivity index (χ3n) is 3.31. The maximum Gasteiger partial charge on any atom is 0.327 e. The van der Waals surface area contributed by atoms with Crippen LogP contribution in [0.3, 0.4) is 0 Å². The molecule has 0 aliphatic heterocycles. The molecule has 0 saturated carbocycles. The van der Waals surface area contributed by atoms with Gasteiger partial charge in [0.25, 0.3) is 10.0 Å². The molecular weight excluding hydrogens is 416 g/mol. The minimum atomic E-state index is -4.34. The van der Waals surface area contributed by atoms with Gasteiger partial charge in [-0.05, 0) is 43.3 Å². The molecule has 1 atom stereocenters. The van der Waals surface area contributed by atoms with Gasteiger partial charge in [-0.2, -0.15) is 0 Å². The Morgan fingerprint density at radius 3 is 2.24 bits per heavy atom. The monoisotopic (exact) mass is 425 g/mol. The number of rotatable bonds is 5. The lowest BCUT2D eigenvalue weighted by molar-refractivity contribution is -0.137. The van der Waals surface area contributed by atoms with Crippen molar-refractivity contribution in [1.29, 1.82) is 0 Å². The molecule has 0 aliphatic carbocycles. The molecule has 0 saturated heterocycles. The summed E-state index contributed by atoms with van der Waals surface area (Å²) in [6.45, 7) is 1.18. The van der Waals surface area contributed by atoms with E-state index in [1.807, 2.05) is 0 Å². The Kier molecular flexibility index (Phi) is 5.83. The van der Waals surface area contributed by atoms with Crippen LogP contribution in [0.25, 0.3) is 0 Å². The Bertz CT molecular complexity index is 936. The topological polar surface area (TPSA) is 74.7 Å². The molecule has 5 nitrogen and oxygen atoms in total. The van der Waals surface area contributed by atoms with Crippen molar-refractivity contribution in [3.8, 4) is 0 Å². The van der Waals surface area contributed by atoms with Gasteiger partial charge in [0.2, 0.25) is 0 Å². The lowest BCUT2D eigenvalue weighted by atomic mass is 10.2. The number of sulfonamides is 1. The first-order chi connectivity index (χ1) is 11.6. The van der Waals surface area contributed by atoms with Gasteiger partial charge in [0.05, 0.1) is 25.7 Å². The van der Waals surface area contributed by atoms with Crippen LogP contribution in [0.15, 0.2) is 41.3 Å². The highest BCUT2D eigenvalue weighted by Crippen LogP contribution is 2.32. The van der Waals surface area contributed by atoms with E-state index in [0.29, 0.717) is 4.31 Å². The Labute approximate surface area is 158 Å². The second-order valence-electron chi connectivity index (χ2n) is 4.99. The second kappa shape index (κ2) is 7.37. The van der Waals surface area contributed by atoms with Crippen LogP contribution in [0.4, 0.5) is 10.1 Å². The van der Waals surface area contributed by atoms with E-state index in [4.69, 9.17) is 34.8 Å². The zero-order chi connectivity index (χ0) is 18.9. The molecule has 0 spiro atoms. The smallest absolute Gasteiger partial charge is 0.327 e. The lowest BCUT2D eigenvalue weighted by Gasteiger charge is -2.28. The average Bonchev–Trinajstić information content (AvgIpc) is 2.53. The van der Waals surface area contributed by atoms with Gasteiger partial charge < -0.3 is 5.11 Å². The van der Waals surface area contributed by atoms with Crippen molar-refractivity contribution >= 4 is 56.5 Å². The van der Waals surface area contributed by atoms with Gasteiger partial charge in [0.1, 0.15) is 11.9 Å². The summed E-state index contributed by atoms with van der Waals surface area (Å²) in [5.74, 6) is -2.16. The summed E-state index contributed by atoms with van der Waals surface area (Å²) < 4.78 is 39.9. The van der Waals surface area contributed by atoms with Crippen molar-refractivity contribution in [2.75, 3.05) is 4.31 Å². The fourth-order valence-electron chi connectivity index (χ4n) is 2.04. The fraction of sp³-hybridized carbons (Fsp3) is 0.133. The third-order valence-corrected chi connectivity index (χ3v) is 6.24. The number of carboxylic acids is 1. The highest BCUT2D eigenvalue weighted by Gasteiger charge is 2.34. The summed E-state index contributed by atoms with van der Waals surface area (Å²) >= 11 is 17.3. The normalized spacial score (nSPS) is 12.7. The van der Waals surface area contributed by atoms with E-state index in [2.05, 4.69) is 0 Å². The SMILES string of the molecule is CC(C(=O)O)N(c1ccc(F)c(Cl)c1)S(=O)(=O)c1ccc(Cl)c(Cl)c1. The highest BCUT2D eigenvalue weighted by atomic mass is 35.5. The molecule has 134 valence electrons. The van der Waals surface area contributed by atoms with Crippen LogP contribution >= 0.6 is 34.8 Å². The molecule has 0 amide bonds. The summed E-state index contributed by atoms with van der Waals surface area (Å²) in [6, 6.07) is 5.19. The van der Waals surface area contributed by atoms with Crippen LogP contribution in [-0.4, -0.2) is 25.5 Å². The molecule has 1 N–H and O–H groups in total. The standard InChI is InChI=1S/C15H11Cl3FNO4S/c1-8(15(21)22)20(9-2-5-14(19)13(18)6-9)25(23,24)10-3-4-11(16)12(17)7-10/h2-8H,1H3,(H,21,22). The summed E-state index contributed by atoms with van der Waals surface area (Å²) in [5.41, 5.74) is -0.104. The maximum atomic E-state index is 13.4. The molecule has 0 bridgehead atoms. The minimum Gasteiger partial charge on any atom is -0.480 e. The predicted molar refractivity (Wildman–Crippen MR) is 94.6 cm³/mol. The molecule has 0 aromatic heterocycles. The maximum absolute atomic E-state index is 13.4. The third kappa shape index (κ3) is 4.00. The summed E-state index contributed by atoms with van der Waals surface area (Å²) in [6.07, 6.45) is 0. The van der Waals surface area contributed by atoms with Crippen molar-refractivity contribution in [3.05, 3.63) is 57.3 Å². The molecule has 1 unspecified atom stereocenters. The lowest BCUT2D eigenvalue weighted by Crippen LogP contribution is -2.43. The zero-order valence-corrected chi connectivity index (χ0v) is 15.7. The van der Waals surface area contributed by atoms with Gasteiger partial charge in [-0.3, -0.25) is 4.31 Å². The Morgan fingerprint density at radius 2 is 1.72 bits per heavy atom. The van der Waals surface area contributed by atoms with Crippen molar-refractivity contribution in [1.82, 2.24) is 0 Å². The van der Waals surface area contributed by atoms with E-state index in [0.717, 1.165) is 24.3 Å². The van der Waals surface area contributed by atoms with Crippen molar-refractivity contribution < 1.29 is 22.7 Å². The van der Waals surface area contributed by atoms with Crippen molar-refractivity contribution in [3.63, 3.8) is 0 Å². The fourth-order valence-corrected chi connectivity index (χ4v) is 4.21. The number of halogens is 4. The Balaban J connectivity index is 2.67. The molecule has 0 radical (unpaired) electrons. The van der Waals surface area contributed by atoms with Gasteiger partial charge in [0, 0.05) is 0 Å². The molecule has 25 heavy (non-hydrogen) atoms. The molecule has 2 aromatic rings. The molecule has 2 rings (SSSR count). The van der Waals surface area contributed by atoms with Gasteiger partial charge in [-0.15, -0.1) is 0 Å². The average molecular weight is 427 g/mol. The van der Waals surface area contributed by atoms with Gasteiger partial charge in [-0.25, -0.2) is 17.6 Å². The molecule has 10 heteroatoms. The van der Waals surface area contributed by atoms with Crippen LogP contribution in [0.5, 0.6) is 0 Å². The summed E-state index contributed by atoms with van der Waals surface area (Å²) in [7, 11) is -4.34. The molecule has 2 aromatic carbocycles.